The summed E-state index contributed by atoms with van der Waals surface area (Å²) in [4.78, 5) is 22.2. The summed E-state index contributed by atoms with van der Waals surface area (Å²) in [5.74, 6) is 0.340. The lowest BCUT2D eigenvalue weighted by Gasteiger charge is -2.12. The van der Waals surface area contributed by atoms with E-state index in [0.717, 1.165) is 17.9 Å². The summed E-state index contributed by atoms with van der Waals surface area (Å²) >= 11 is 1.70. The van der Waals surface area contributed by atoms with E-state index in [1.54, 1.807) is 11.8 Å². The first-order chi connectivity index (χ1) is 8.11. The van der Waals surface area contributed by atoms with Crippen LogP contribution in [-0.4, -0.2) is 34.5 Å². The topological polar surface area (TPSA) is 66.4 Å². The molecule has 0 rings (SSSR count). The Bertz CT molecular complexity index is 289. The van der Waals surface area contributed by atoms with Gasteiger partial charge in [-0.25, -0.2) is 4.79 Å². The number of allylic oxidation sites excluding steroid dienone is 2. The summed E-state index contributed by atoms with van der Waals surface area (Å²) in [6.07, 6.45) is 5.71. The average Bonchev–Trinajstić information content (AvgIpc) is 2.30. The molecule has 0 aromatic heterocycles. The van der Waals surface area contributed by atoms with Gasteiger partial charge in [-0.05, 0) is 24.3 Å². The van der Waals surface area contributed by atoms with Crippen molar-refractivity contribution in [1.29, 1.82) is 0 Å². The van der Waals surface area contributed by atoms with E-state index < -0.39 is 17.9 Å². The first kappa shape index (κ1) is 15.8. The van der Waals surface area contributed by atoms with Gasteiger partial charge in [-0.1, -0.05) is 25.7 Å². The smallest absolute Gasteiger partial charge is 0.326 e. The Morgan fingerprint density at radius 2 is 2.18 bits per heavy atom. The first-order valence-corrected chi connectivity index (χ1v) is 6.67. The Balaban J connectivity index is 4.06. The van der Waals surface area contributed by atoms with Gasteiger partial charge in [0.05, 0.1) is 0 Å². The number of hydrogen-bond donors (Lipinski definition) is 2. The first-order valence-electron chi connectivity index (χ1n) is 5.52. The van der Waals surface area contributed by atoms with Crippen LogP contribution in [0.25, 0.3) is 0 Å². The minimum Gasteiger partial charge on any atom is -0.480 e. The SMILES string of the molecule is C=C/C=C/C(=O)NC(CCSCCC)C(=O)O. The van der Waals surface area contributed by atoms with Gasteiger partial charge < -0.3 is 10.4 Å². The fraction of sp³-hybridized carbons (Fsp3) is 0.500. The number of carboxylic acid groups (broad SMARTS) is 1. The monoisotopic (exact) mass is 257 g/mol. The molecule has 2 N–H and O–H groups in total. The molecule has 0 saturated carbocycles. The highest BCUT2D eigenvalue weighted by molar-refractivity contribution is 7.99. The van der Waals surface area contributed by atoms with Crippen LogP contribution in [0, 0.1) is 0 Å². The molecule has 1 unspecified atom stereocenters. The van der Waals surface area contributed by atoms with Crippen LogP contribution in [0.3, 0.4) is 0 Å². The molecule has 17 heavy (non-hydrogen) atoms. The standard InChI is InChI=1S/C12H19NO3S/c1-3-5-6-11(14)13-10(12(15)16)7-9-17-8-4-2/h3,5-6,10H,1,4,7-9H2,2H3,(H,13,14)(H,15,16)/b6-5+. The quantitative estimate of drug-likeness (QED) is 0.376. The fourth-order valence-corrected chi connectivity index (χ4v) is 1.98. The van der Waals surface area contributed by atoms with Gasteiger partial charge in [-0.3, -0.25) is 4.79 Å². The minimum absolute atomic E-state index is 0.405. The average molecular weight is 257 g/mol. The molecule has 1 amide bonds. The van der Waals surface area contributed by atoms with Gasteiger partial charge in [0.25, 0.3) is 0 Å². The van der Waals surface area contributed by atoms with E-state index in [-0.39, 0.29) is 0 Å². The second kappa shape index (κ2) is 9.96. The highest BCUT2D eigenvalue weighted by Crippen LogP contribution is 2.06. The van der Waals surface area contributed by atoms with Crippen molar-refractivity contribution < 1.29 is 14.7 Å². The van der Waals surface area contributed by atoms with Gasteiger partial charge in [0.15, 0.2) is 0 Å². The molecule has 0 saturated heterocycles. The van der Waals surface area contributed by atoms with E-state index >= 15 is 0 Å². The number of nitrogens with one attached hydrogen (secondary N) is 1. The van der Waals surface area contributed by atoms with Crippen LogP contribution < -0.4 is 5.32 Å². The molecule has 0 spiro atoms. The highest BCUT2D eigenvalue weighted by atomic mass is 32.2. The number of thioether (sulfide) groups is 1. The molecule has 0 aromatic carbocycles. The summed E-state index contributed by atoms with van der Waals surface area (Å²) < 4.78 is 0. The van der Waals surface area contributed by atoms with Crippen LogP contribution in [0.2, 0.25) is 0 Å². The lowest BCUT2D eigenvalue weighted by molar-refractivity contribution is -0.141. The van der Waals surface area contributed by atoms with Crippen molar-refractivity contribution >= 4 is 23.6 Å². The Morgan fingerprint density at radius 1 is 1.47 bits per heavy atom. The molecule has 0 fully saturated rings. The summed E-state index contributed by atoms with van der Waals surface area (Å²) in [5.41, 5.74) is 0. The van der Waals surface area contributed by atoms with Gasteiger partial charge in [0.2, 0.25) is 5.91 Å². The van der Waals surface area contributed by atoms with Crippen molar-refractivity contribution in [1.82, 2.24) is 5.32 Å². The maximum Gasteiger partial charge on any atom is 0.326 e. The van der Waals surface area contributed by atoms with E-state index in [1.165, 1.54) is 18.2 Å². The van der Waals surface area contributed by atoms with E-state index in [4.69, 9.17) is 5.11 Å². The van der Waals surface area contributed by atoms with Crippen molar-refractivity contribution in [3.05, 3.63) is 24.8 Å². The zero-order chi connectivity index (χ0) is 13.1. The molecule has 0 radical (unpaired) electrons. The number of hydrogen-bond acceptors (Lipinski definition) is 3. The maximum absolute atomic E-state index is 11.3. The lowest BCUT2D eigenvalue weighted by Crippen LogP contribution is -2.40. The Kier molecular flexibility index (Phi) is 9.24. The maximum atomic E-state index is 11.3. The molecule has 0 aliphatic carbocycles. The normalized spacial score (nSPS) is 12.3. The molecular formula is C12H19NO3S. The van der Waals surface area contributed by atoms with Crippen molar-refractivity contribution in [2.24, 2.45) is 0 Å². The van der Waals surface area contributed by atoms with Crippen LogP contribution in [-0.2, 0) is 9.59 Å². The third-order valence-electron chi connectivity index (χ3n) is 1.90. The fourth-order valence-electron chi connectivity index (χ4n) is 1.08. The van der Waals surface area contributed by atoms with E-state index in [2.05, 4.69) is 18.8 Å². The molecule has 0 aromatic rings. The molecule has 0 heterocycles. The predicted octanol–water partition coefficient (Wildman–Crippen LogP) is 1.83. The zero-order valence-electron chi connectivity index (χ0n) is 10.0. The second-order valence-corrected chi connectivity index (χ2v) is 4.62. The van der Waals surface area contributed by atoms with Gasteiger partial charge >= 0.3 is 5.97 Å². The number of aliphatic carboxylic acids is 1. The summed E-state index contributed by atoms with van der Waals surface area (Å²) in [5, 5.41) is 11.4. The molecule has 0 bridgehead atoms. The summed E-state index contributed by atoms with van der Waals surface area (Å²) in [6.45, 7) is 5.50. The molecule has 0 aliphatic rings. The predicted molar refractivity (Wildman–Crippen MR) is 71.1 cm³/mol. The second-order valence-electron chi connectivity index (χ2n) is 3.40. The van der Waals surface area contributed by atoms with E-state index in [1.807, 2.05) is 0 Å². The number of rotatable bonds is 9. The number of carbonyl (C=O) groups is 2. The van der Waals surface area contributed by atoms with Gasteiger partial charge in [-0.2, -0.15) is 11.8 Å². The van der Waals surface area contributed by atoms with Crippen molar-refractivity contribution in [3.63, 3.8) is 0 Å². The van der Waals surface area contributed by atoms with Crippen LogP contribution in [0.5, 0.6) is 0 Å². The number of carboxylic acids is 1. The Labute approximate surface area is 106 Å². The largest absolute Gasteiger partial charge is 0.480 e. The third kappa shape index (κ3) is 8.56. The van der Waals surface area contributed by atoms with Crippen LogP contribution in [0.4, 0.5) is 0 Å². The zero-order valence-corrected chi connectivity index (χ0v) is 10.8. The highest BCUT2D eigenvalue weighted by Gasteiger charge is 2.17. The molecule has 0 aliphatic heterocycles. The van der Waals surface area contributed by atoms with Crippen molar-refractivity contribution in [2.75, 3.05) is 11.5 Å². The minimum atomic E-state index is -0.998. The Morgan fingerprint density at radius 3 is 2.71 bits per heavy atom. The van der Waals surface area contributed by atoms with Crippen molar-refractivity contribution in [3.8, 4) is 0 Å². The Hall–Kier alpha value is -1.23. The van der Waals surface area contributed by atoms with E-state index in [0.29, 0.717) is 6.42 Å². The van der Waals surface area contributed by atoms with Gasteiger partial charge in [-0.15, -0.1) is 0 Å². The number of carbonyl (C=O) groups excluding carboxylic acids is 1. The summed E-state index contributed by atoms with van der Waals surface area (Å²) in [6, 6.07) is -0.818. The molecular weight excluding hydrogens is 238 g/mol. The van der Waals surface area contributed by atoms with Gasteiger partial charge in [0.1, 0.15) is 6.04 Å². The van der Waals surface area contributed by atoms with E-state index in [9.17, 15) is 9.59 Å². The van der Waals surface area contributed by atoms with Crippen molar-refractivity contribution in [2.45, 2.75) is 25.8 Å². The number of amides is 1. The van der Waals surface area contributed by atoms with Crippen LogP contribution in [0.15, 0.2) is 24.8 Å². The third-order valence-corrected chi connectivity index (χ3v) is 3.12. The molecule has 96 valence electrons. The lowest BCUT2D eigenvalue weighted by atomic mass is 10.2. The van der Waals surface area contributed by atoms with Gasteiger partial charge in [0, 0.05) is 6.08 Å². The summed E-state index contributed by atoms with van der Waals surface area (Å²) in [7, 11) is 0. The van der Waals surface area contributed by atoms with Crippen LogP contribution in [0.1, 0.15) is 19.8 Å². The van der Waals surface area contributed by atoms with Crippen LogP contribution >= 0.6 is 11.8 Å². The molecule has 5 heteroatoms. The molecule has 4 nitrogen and oxygen atoms in total. The molecule has 1 atom stereocenters.